The van der Waals surface area contributed by atoms with Crippen LogP contribution in [0.5, 0.6) is 0 Å². The van der Waals surface area contributed by atoms with Crippen molar-refractivity contribution < 1.29 is 13.9 Å². The number of aliphatic hydroxyl groups is 1. The third-order valence-electron chi connectivity index (χ3n) is 1.95. The summed E-state index contributed by atoms with van der Waals surface area (Å²) in [4.78, 5) is 3.77. The van der Waals surface area contributed by atoms with Gasteiger partial charge in [0.2, 0.25) is 0 Å². The molecule has 0 aromatic carbocycles. The van der Waals surface area contributed by atoms with Gasteiger partial charge in [-0.2, -0.15) is 0 Å². The molecular formula is C9H10BrF2NO. The van der Waals surface area contributed by atoms with E-state index in [1.165, 1.54) is 0 Å². The van der Waals surface area contributed by atoms with Gasteiger partial charge in [-0.25, -0.2) is 8.78 Å². The quantitative estimate of drug-likeness (QED) is 0.853. The van der Waals surface area contributed by atoms with Crippen molar-refractivity contribution in [3.05, 3.63) is 28.6 Å². The van der Waals surface area contributed by atoms with Crippen LogP contribution in [0.15, 0.2) is 6.07 Å². The summed E-state index contributed by atoms with van der Waals surface area (Å²) in [6.45, 7) is 1.43. The second kappa shape index (κ2) is 4.79. The molecule has 0 radical (unpaired) electrons. The van der Waals surface area contributed by atoms with Gasteiger partial charge in [0.05, 0.1) is 6.61 Å². The molecule has 0 fully saturated rings. The first-order valence-electron chi connectivity index (χ1n) is 4.04. The first-order valence-corrected chi connectivity index (χ1v) is 5.16. The molecule has 0 spiro atoms. The number of alkyl halides is 3. The van der Waals surface area contributed by atoms with E-state index in [0.717, 1.165) is 0 Å². The number of aromatic nitrogens is 1. The van der Waals surface area contributed by atoms with Gasteiger partial charge < -0.3 is 5.11 Å². The van der Waals surface area contributed by atoms with Crippen LogP contribution in [0.25, 0.3) is 0 Å². The number of aliphatic hydroxyl groups excluding tert-OH is 1. The average Bonchev–Trinajstić information content (AvgIpc) is 2.17. The fourth-order valence-corrected chi connectivity index (χ4v) is 1.62. The predicted molar refractivity (Wildman–Crippen MR) is 52.5 cm³/mol. The number of aryl methyl sites for hydroxylation is 1. The van der Waals surface area contributed by atoms with Crippen molar-refractivity contribution in [3.8, 4) is 0 Å². The molecule has 0 unspecified atom stereocenters. The van der Waals surface area contributed by atoms with Gasteiger partial charge in [0.1, 0.15) is 5.69 Å². The summed E-state index contributed by atoms with van der Waals surface area (Å²) in [6, 6.07) is 1.55. The summed E-state index contributed by atoms with van der Waals surface area (Å²) < 4.78 is 25.0. The van der Waals surface area contributed by atoms with Gasteiger partial charge in [-0.05, 0) is 24.1 Å². The van der Waals surface area contributed by atoms with E-state index in [9.17, 15) is 8.78 Å². The van der Waals surface area contributed by atoms with E-state index in [2.05, 4.69) is 20.9 Å². The van der Waals surface area contributed by atoms with Crippen molar-refractivity contribution in [1.29, 1.82) is 0 Å². The maximum atomic E-state index is 12.5. The summed E-state index contributed by atoms with van der Waals surface area (Å²) in [5.74, 6) is 0. The fraction of sp³-hybridized carbons (Fsp3) is 0.444. The molecule has 78 valence electrons. The van der Waals surface area contributed by atoms with Crippen LogP contribution in [0.4, 0.5) is 8.78 Å². The highest BCUT2D eigenvalue weighted by atomic mass is 79.9. The van der Waals surface area contributed by atoms with E-state index in [4.69, 9.17) is 5.11 Å². The lowest BCUT2D eigenvalue weighted by Gasteiger charge is -2.09. The van der Waals surface area contributed by atoms with Crippen LogP contribution in [-0.2, 0) is 11.9 Å². The molecule has 0 aliphatic heterocycles. The first-order chi connectivity index (χ1) is 6.60. The van der Waals surface area contributed by atoms with Crippen LogP contribution in [0.1, 0.15) is 28.9 Å². The van der Waals surface area contributed by atoms with Gasteiger partial charge >= 0.3 is 0 Å². The van der Waals surface area contributed by atoms with Crippen molar-refractivity contribution in [2.75, 3.05) is 0 Å². The van der Waals surface area contributed by atoms with E-state index in [1.807, 2.05) is 0 Å². The molecule has 5 heteroatoms. The van der Waals surface area contributed by atoms with E-state index >= 15 is 0 Å². The minimum atomic E-state index is -2.58. The van der Waals surface area contributed by atoms with Gasteiger partial charge in [-0.15, -0.1) is 0 Å². The summed E-state index contributed by atoms with van der Waals surface area (Å²) >= 11 is 3.11. The van der Waals surface area contributed by atoms with Crippen molar-refractivity contribution in [2.24, 2.45) is 0 Å². The van der Waals surface area contributed by atoms with Crippen molar-refractivity contribution in [2.45, 2.75) is 25.3 Å². The molecule has 0 aliphatic rings. The van der Waals surface area contributed by atoms with Gasteiger partial charge in [-0.3, -0.25) is 4.98 Å². The third-order valence-corrected chi connectivity index (χ3v) is 2.56. The van der Waals surface area contributed by atoms with Crippen LogP contribution in [0.2, 0.25) is 0 Å². The molecule has 1 aromatic heterocycles. The Morgan fingerprint density at radius 1 is 1.50 bits per heavy atom. The molecule has 1 heterocycles. The Bertz CT molecular complexity index is 331. The Balaban J connectivity index is 3.24. The van der Waals surface area contributed by atoms with Crippen LogP contribution in [0.3, 0.4) is 0 Å². The fourth-order valence-electron chi connectivity index (χ4n) is 1.17. The van der Waals surface area contributed by atoms with Crippen LogP contribution in [0, 0.1) is 6.92 Å². The highest BCUT2D eigenvalue weighted by Gasteiger charge is 2.16. The Morgan fingerprint density at radius 3 is 2.57 bits per heavy atom. The zero-order chi connectivity index (χ0) is 10.7. The minimum absolute atomic E-state index is 0.178. The van der Waals surface area contributed by atoms with Crippen molar-refractivity contribution >= 4 is 15.9 Å². The highest BCUT2D eigenvalue weighted by Crippen LogP contribution is 2.24. The van der Waals surface area contributed by atoms with Gasteiger partial charge in [0, 0.05) is 11.0 Å². The summed E-state index contributed by atoms with van der Waals surface area (Å²) in [5, 5.41) is 9.24. The van der Waals surface area contributed by atoms with Crippen LogP contribution in [-0.4, -0.2) is 10.1 Å². The normalized spacial score (nSPS) is 11.0. The smallest absolute Gasteiger partial charge is 0.280 e. The number of nitrogens with zero attached hydrogens (tertiary/aromatic N) is 1. The molecule has 0 saturated heterocycles. The topological polar surface area (TPSA) is 33.1 Å². The summed E-state index contributed by atoms with van der Waals surface area (Å²) in [6.07, 6.45) is -2.58. The number of hydrogen-bond acceptors (Lipinski definition) is 2. The second-order valence-electron chi connectivity index (χ2n) is 2.87. The zero-order valence-corrected chi connectivity index (χ0v) is 9.18. The largest absolute Gasteiger partial charge is 0.392 e. The van der Waals surface area contributed by atoms with Gasteiger partial charge in [0.15, 0.2) is 0 Å². The Labute approximate surface area is 89.1 Å². The van der Waals surface area contributed by atoms with Crippen molar-refractivity contribution in [3.63, 3.8) is 0 Å². The lowest BCUT2D eigenvalue weighted by Crippen LogP contribution is -2.02. The lowest BCUT2D eigenvalue weighted by atomic mass is 10.1. The molecule has 0 saturated carbocycles. The molecule has 1 aromatic rings. The number of halogens is 3. The number of pyridine rings is 1. The van der Waals surface area contributed by atoms with Gasteiger partial charge in [-0.1, -0.05) is 15.9 Å². The van der Waals surface area contributed by atoms with E-state index in [1.54, 1.807) is 13.0 Å². The predicted octanol–water partition coefficient (Wildman–Crippen LogP) is 2.71. The Hall–Kier alpha value is -0.550. The molecule has 0 atom stereocenters. The van der Waals surface area contributed by atoms with Crippen molar-refractivity contribution in [1.82, 2.24) is 4.98 Å². The van der Waals surface area contributed by atoms with E-state index in [0.29, 0.717) is 22.2 Å². The zero-order valence-electron chi connectivity index (χ0n) is 7.60. The maximum Gasteiger partial charge on any atom is 0.280 e. The highest BCUT2D eigenvalue weighted by molar-refractivity contribution is 9.08. The molecule has 1 N–H and O–H groups in total. The molecule has 1 rings (SSSR count). The summed E-state index contributed by atoms with van der Waals surface area (Å²) in [7, 11) is 0. The molecule has 0 amide bonds. The molecule has 0 bridgehead atoms. The van der Waals surface area contributed by atoms with Crippen LogP contribution >= 0.6 is 15.9 Å². The SMILES string of the molecule is Cc1nc(C(F)F)c(CBr)cc1CO. The number of hydrogen-bond donors (Lipinski definition) is 1. The average molecular weight is 266 g/mol. The molecular weight excluding hydrogens is 256 g/mol. The van der Waals surface area contributed by atoms with Crippen LogP contribution < -0.4 is 0 Å². The third kappa shape index (κ3) is 2.27. The molecule has 0 aliphatic carbocycles. The lowest BCUT2D eigenvalue weighted by molar-refractivity contribution is 0.144. The summed E-state index contributed by atoms with van der Waals surface area (Å²) in [5.41, 5.74) is 1.25. The Morgan fingerprint density at radius 2 is 2.14 bits per heavy atom. The number of rotatable bonds is 3. The molecule has 14 heavy (non-hydrogen) atoms. The Kier molecular flexibility index (Phi) is 3.95. The minimum Gasteiger partial charge on any atom is -0.392 e. The standard InChI is InChI=1S/C9H10BrF2NO/c1-5-7(4-14)2-6(3-10)8(13-5)9(11)12/h2,9,14H,3-4H2,1H3. The monoisotopic (exact) mass is 265 g/mol. The first kappa shape index (κ1) is 11.5. The van der Waals surface area contributed by atoms with E-state index in [-0.39, 0.29) is 12.3 Å². The van der Waals surface area contributed by atoms with E-state index < -0.39 is 6.43 Å². The second-order valence-corrected chi connectivity index (χ2v) is 3.43. The van der Waals surface area contributed by atoms with Gasteiger partial charge in [0.25, 0.3) is 6.43 Å². The maximum absolute atomic E-state index is 12.5. The molecule has 2 nitrogen and oxygen atoms in total.